The number of carbonyl (C=O) groups excluding carboxylic acids is 1. The fourth-order valence-corrected chi connectivity index (χ4v) is 2.33. The largest absolute Gasteiger partial charge is 0.337 e. The van der Waals surface area contributed by atoms with E-state index in [1.807, 2.05) is 73.9 Å². The number of benzene rings is 2. The fraction of sp³-hybridized carbons (Fsp3) is 0.111. The van der Waals surface area contributed by atoms with Crippen LogP contribution in [0.5, 0.6) is 0 Å². The van der Waals surface area contributed by atoms with Gasteiger partial charge in [0.05, 0.1) is 5.69 Å². The van der Waals surface area contributed by atoms with Crippen LogP contribution in [-0.2, 0) is 6.54 Å². The SMILES string of the molecule is CN(Cc1ccccc1)C(=O)c1ccc(-n2cccn2)cc1. The minimum atomic E-state index is 0.0101. The van der Waals surface area contributed by atoms with Crippen molar-refractivity contribution in [1.29, 1.82) is 0 Å². The average molecular weight is 291 g/mol. The van der Waals surface area contributed by atoms with Gasteiger partial charge in [-0.05, 0) is 35.9 Å². The van der Waals surface area contributed by atoms with Crippen molar-refractivity contribution in [3.63, 3.8) is 0 Å². The number of aromatic nitrogens is 2. The second-order valence-corrected chi connectivity index (χ2v) is 5.14. The summed E-state index contributed by atoms with van der Waals surface area (Å²) in [7, 11) is 1.82. The van der Waals surface area contributed by atoms with Crippen molar-refractivity contribution in [1.82, 2.24) is 14.7 Å². The highest BCUT2D eigenvalue weighted by Gasteiger charge is 2.12. The minimum absolute atomic E-state index is 0.0101. The van der Waals surface area contributed by atoms with Gasteiger partial charge in [0, 0.05) is 31.5 Å². The van der Waals surface area contributed by atoms with E-state index in [0.717, 1.165) is 11.3 Å². The molecule has 0 saturated carbocycles. The first kappa shape index (κ1) is 14.1. The van der Waals surface area contributed by atoms with Gasteiger partial charge < -0.3 is 4.90 Å². The van der Waals surface area contributed by atoms with Gasteiger partial charge in [-0.1, -0.05) is 30.3 Å². The van der Waals surface area contributed by atoms with Crippen molar-refractivity contribution < 1.29 is 4.79 Å². The fourth-order valence-electron chi connectivity index (χ4n) is 2.33. The van der Waals surface area contributed by atoms with Crippen molar-refractivity contribution in [2.45, 2.75) is 6.54 Å². The van der Waals surface area contributed by atoms with E-state index in [9.17, 15) is 4.79 Å². The summed E-state index contributed by atoms with van der Waals surface area (Å²) in [6, 6.07) is 19.3. The Morgan fingerprint density at radius 2 is 1.77 bits per heavy atom. The molecule has 0 atom stereocenters. The summed E-state index contributed by atoms with van der Waals surface area (Å²) < 4.78 is 1.77. The number of hydrogen-bond acceptors (Lipinski definition) is 2. The molecule has 1 heterocycles. The van der Waals surface area contributed by atoms with Crippen molar-refractivity contribution in [3.8, 4) is 5.69 Å². The van der Waals surface area contributed by atoms with Gasteiger partial charge >= 0.3 is 0 Å². The van der Waals surface area contributed by atoms with Crippen LogP contribution in [0.25, 0.3) is 5.69 Å². The first-order valence-electron chi connectivity index (χ1n) is 7.13. The third kappa shape index (κ3) is 3.06. The quantitative estimate of drug-likeness (QED) is 0.740. The Bertz CT molecular complexity index is 734. The van der Waals surface area contributed by atoms with E-state index in [4.69, 9.17) is 0 Å². The third-order valence-corrected chi connectivity index (χ3v) is 3.49. The van der Waals surface area contributed by atoms with Crippen LogP contribution in [0.3, 0.4) is 0 Å². The second-order valence-electron chi connectivity index (χ2n) is 5.14. The molecule has 22 heavy (non-hydrogen) atoms. The van der Waals surface area contributed by atoms with Crippen LogP contribution in [0, 0.1) is 0 Å². The Kier molecular flexibility index (Phi) is 4.01. The molecular formula is C18H17N3O. The maximum absolute atomic E-state index is 12.5. The molecule has 1 aromatic heterocycles. The van der Waals surface area contributed by atoms with Gasteiger partial charge in [0.2, 0.25) is 0 Å². The monoisotopic (exact) mass is 291 g/mol. The molecule has 110 valence electrons. The molecule has 2 aromatic carbocycles. The van der Waals surface area contributed by atoms with Gasteiger partial charge in [0.15, 0.2) is 0 Å². The Labute approximate surface area is 129 Å². The molecule has 0 aliphatic heterocycles. The highest BCUT2D eigenvalue weighted by Crippen LogP contribution is 2.12. The number of rotatable bonds is 4. The number of amides is 1. The lowest BCUT2D eigenvalue weighted by Gasteiger charge is -2.17. The second kappa shape index (κ2) is 6.26. The third-order valence-electron chi connectivity index (χ3n) is 3.49. The summed E-state index contributed by atoms with van der Waals surface area (Å²) >= 11 is 0. The van der Waals surface area contributed by atoms with Crippen LogP contribution >= 0.6 is 0 Å². The molecule has 0 aliphatic carbocycles. The Balaban J connectivity index is 1.72. The standard InChI is InChI=1S/C18H17N3O/c1-20(14-15-6-3-2-4-7-15)18(22)16-8-10-17(11-9-16)21-13-5-12-19-21/h2-13H,14H2,1H3. The first-order valence-corrected chi connectivity index (χ1v) is 7.13. The van der Waals surface area contributed by atoms with Crippen molar-refractivity contribution in [2.75, 3.05) is 7.05 Å². The van der Waals surface area contributed by atoms with Gasteiger partial charge in [-0.2, -0.15) is 5.10 Å². The van der Waals surface area contributed by atoms with Gasteiger partial charge in [-0.15, -0.1) is 0 Å². The molecule has 4 nitrogen and oxygen atoms in total. The zero-order valence-corrected chi connectivity index (χ0v) is 12.4. The lowest BCUT2D eigenvalue weighted by molar-refractivity contribution is 0.0785. The highest BCUT2D eigenvalue weighted by atomic mass is 16.2. The van der Waals surface area contributed by atoms with E-state index < -0.39 is 0 Å². The Morgan fingerprint density at radius 1 is 1.05 bits per heavy atom. The van der Waals surface area contributed by atoms with Crippen LogP contribution in [0.2, 0.25) is 0 Å². The lowest BCUT2D eigenvalue weighted by atomic mass is 10.1. The predicted molar refractivity (Wildman–Crippen MR) is 85.8 cm³/mol. The number of hydrogen-bond donors (Lipinski definition) is 0. The molecule has 3 aromatic rings. The smallest absolute Gasteiger partial charge is 0.253 e. The average Bonchev–Trinajstić information content (AvgIpc) is 3.10. The van der Waals surface area contributed by atoms with Crippen LogP contribution in [0.4, 0.5) is 0 Å². The van der Waals surface area contributed by atoms with Crippen molar-refractivity contribution >= 4 is 5.91 Å². The van der Waals surface area contributed by atoms with Crippen LogP contribution in [0.15, 0.2) is 73.1 Å². The molecule has 0 N–H and O–H groups in total. The number of carbonyl (C=O) groups is 1. The topological polar surface area (TPSA) is 38.1 Å². The molecule has 0 bridgehead atoms. The summed E-state index contributed by atoms with van der Waals surface area (Å²) in [5.74, 6) is 0.0101. The maximum atomic E-state index is 12.5. The molecular weight excluding hydrogens is 274 g/mol. The molecule has 0 saturated heterocycles. The summed E-state index contributed by atoms with van der Waals surface area (Å²) in [4.78, 5) is 14.2. The molecule has 0 spiro atoms. The summed E-state index contributed by atoms with van der Waals surface area (Å²) in [5, 5.41) is 4.17. The summed E-state index contributed by atoms with van der Waals surface area (Å²) in [5.41, 5.74) is 2.73. The van der Waals surface area contributed by atoms with Crippen LogP contribution in [-0.4, -0.2) is 27.6 Å². The first-order chi connectivity index (χ1) is 10.7. The molecule has 0 unspecified atom stereocenters. The lowest BCUT2D eigenvalue weighted by Crippen LogP contribution is -2.26. The van der Waals surface area contributed by atoms with E-state index >= 15 is 0 Å². The highest BCUT2D eigenvalue weighted by molar-refractivity contribution is 5.94. The number of nitrogens with zero attached hydrogens (tertiary/aromatic N) is 3. The van der Waals surface area contributed by atoms with Gasteiger partial charge in [-0.3, -0.25) is 4.79 Å². The van der Waals surface area contributed by atoms with E-state index in [1.54, 1.807) is 15.8 Å². The van der Waals surface area contributed by atoms with E-state index in [-0.39, 0.29) is 5.91 Å². The molecule has 0 radical (unpaired) electrons. The Morgan fingerprint density at radius 3 is 2.41 bits per heavy atom. The molecule has 0 aliphatic rings. The zero-order chi connectivity index (χ0) is 15.4. The predicted octanol–water partition coefficient (Wildman–Crippen LogP) is 3.14. The Hall–Kier alpha value is -2.88. The van der Waals surface area contributed by atoms with Crippen molar-refractivity contribution in [3.05, 3.63) is 84.2 Å². The zero-order valence-electron chi connectivity index (χ0n) is 12.4. The van der Waals surface area contributed by atoms with E-state index in [0.29, 0.717) is 12.1 Å². The molecule has 0 fully saturated rings. The molecule has 3 rings (SSSR count). The van der Waals surface area contributed by atoms with E-state index in [2.05, 4.69) is 5.10 Å². The van der Waals surface area contributed by atoms with E-state index in [1.165, 1.54) is 0 Å². The van der Waals surface area contributed by atoms with Crippen LogP contribution in [0.1, 0.15) is 15.9 Å². The van der Waals surface area contributed by atoms with Crippen LogP contribution < -0.4 is 0 Å². The maximum Gasteiger partial charge on any atom is 0.253 e. The normalized spacial score (nSPS) is 10.4. The van der Waals surface area contributed by atoms with Gasteiger partial charge in [0.25, 0.3) is 5.91 Å². The summed E-state index contributed by atoms with van der Waals surface area (Å²) in [6.45, 7) is 0.598. The summed E-state index contributed by atoms with van der Waals surface area (Å²) in [6.07, 6.45) is 3.60. The minimum Gasteiger partial charge on any atom is -0.337 e. The van der Waals surface area contributed by atoms with Gasteiger partial charge in [0.1, 0.15) is 0 Å². The van der Waals surface area contributed by atoms with Crippen molar-refractivity contribution in [2.24, 2.45) is 0 Å². The molecule has 1 amide bonds. The van der Waals surface area contributed by atoms with Gasteiger partial charge in [-0.25, -0.2) is 4.68 Å². The molecule has 4 heteroatoms.